The molecule has 0 radical (unpaired) electrons. The minimum atomic E-state index is -0.119. The van der Waals surface area contributed by atoms with Crippen molar-refractivity contribution in [1.29, 1.82) is 0 Å². The molecule has 1 saturated heterocycles. The first-order valence-electron chi connectivity index (χ1n) is 7.86. The fraction of sp³-hybridized carbons (Fsp3) is 0.412. The topological polar surface area (TPSA) is 65.4 Å². The lowest BCUT2D eigenvalue weighted by Gasteiger charge is -2.13. The molecule has 1 N–H and O–H groups in total. The summed E-state index contributed by atoms with van der Waals surface area (Å²) in [6, 6.07) is 7.68. The Bertz CT molecular complexity index is 734. The predicted molar refractivity (Wildman–Crippen MR) is 83.5 cm³/mol. The Balaban J connectivity index is 1.56. The summed E-state index contributed by atoms with van der Waals surface area (Å²) in [6.07, 6.45) is 2.69. The number of ether oxygens (including phenoxy) is 2. The van der Waals surface area contributed by atoms with Gasteiger partial charge in [-0.05, 0) is 12.5 Å². The van der Waals surface area contributed by atoms with Gasteiger partial charge in [0.25, 0.3) is 5.91 Å². The van der Waals surface area contributed by atoms with Crippen molar-refractivity contribution in [3.63, 3.8) is 0 Å². The van der Waals surface area contributed by atoms with Crippen molar-refractivity contribution < 1.29 is 14.3 Å². The van der Waals surface area contributed by atoms with Crippen LogP contribution in [0.2, 0.25) is 0 Å². The van der Waals surface area contributed by atoms with Crippen molar-refractivity contribution in [2.75, 3.05) is 19.8 Å². The molecule has 0 bridgehead atoms. The Kier molecular flexibility index (Phi) is 3.53. The lowest BCUT2D eigenvalue weighted by Crippen LogP contribution is -2.30. The van der Waals surface area contributed by atoms with Gasteiger partial charge in [0, 0.05) is 31.3 Å². The van der Waals surface area contributed by atoms with Crippen molar-refractivity contribution in [2.45, 2.75) is 18.4 Å². The van der Waals surface area contributed by atoms with E-state index < -0.39 is 0 Å². The van der Waals surface area contributed by atoms with Gasteiger partial charge in [-0.3, -0.25) is 9.48 Å². The number of benzene rings is 1. The van der Waals surface area contributed by atoms with E-state index in [1.54, 1.807) is 10.9 Å². The van der Waals surface area contributed by atoms with E-state index in [1.165, 1.54) is 0 Å². The summed E-state index contributed by atoms with van der Waals surface area (Å²) < 4.78 is 12.8. The van der Waals surface area contributed by atoms with E-state index in [9.17, 15) is 4.79 Å². The van der Waals surface area contributed by atoms with Crippen LogP contribution in [-0.2, 0) is 11.8 Å². The van der Waals surface area contributed by atoms with Crippen LogP contribution in [0, 0.1) is 0 Å². The summed E-state index contributed by atoms with van der Waals surface area (Å²) in [5.74, 6) is 0.933. The van der Waals surface area contributed by atoms with Crippen molar-refractivity contribution in [3.8, 4) is 5.75 Å². The molecule has 0 aliphatic carbocycles. The van der Waals surface area contributed by atoms with Gasteiger partial charge in [0.2, 0.25) is 0 Å². The van der Waals surface area contributed by atoms with E-state index in [4.69, 9.17) is 9.47 Å². The van der Waals surface area contributed by atoms with Crippen LogP contribution < -0.4 is 10.1 Å². The molecule has 1 fully saturated rings. The molecular formula is C17H19N3O3. The molecule has 4 rings (SSSR count). The number of carbonyl (C=O) groups is 1. The van der Waals surface area contributed by atoms with Gasteiger partial charge in [-0.15, -0.1) is 0 Å². The van der Waals surface area contributed by atoms with E-state index in [-0.39, 0.29) is 17.9 Å². The average Bonchev–Trinajstić information content (AvgIpc) is 3.27. The highest BCUT2D eigenvalue weighted by Crippen LogP contribution is 2.32. The standard InChI is InChI=1S/C17H19N3O3/c1-20-8-13(16(19-20)11-6-7-22-9-11)17(21)18-14-10-23-15-5-3-2-4-12(14)15/h2-5,8,11,14H,6-7,9-10H2,1H3,(H,18,21)/t11-,14+/m0/s1. The van der Waals surface area contributed by atoms with Crippen LogP contribution in [0.1, 0.15) is 40.0 Å². The van der Waals surface area contributed by atoms with Crippen LogP contribution in [-0.4, -0.2) is 35.5 Å². The molecule has 1 amide bonds. The second-order valence-electron chi connectivity index (χ2n) is 6.04. The third kappa shape index (κ3) is 2.59. The van der Waals surface area contributed by atoms with E-state index in [0.717, 1.165) is 30.0 Å². The Hall–Kier alpha value is -2.34. The van der Waals surface area contributed by atoms with Gasteiger partial charge in [0.15, 0.2) is 0 Å². The quantitative estimate of drug-likeness (QED) is 0.938. The Morgan fingerprint density at radius 3 is 3.04 bits per heavy atom. The third-order valence-electron chi connectivity index (χ3n) is 4.42. The summed E-state index contributed by atoms with van der Waals surface area (Å²) in [5, 5.41) is 7.55. The van der Waals surface area contributed by atoms with E-state index in [0.29, 0.717) is 18.8 Å². The molecule has 0 saturated carbocycles. The number of nitrogens with one attached hydrogen (secondary N) is 1. The number of fused-ring (bicyclic) bond motifs is 1. The van der Waals surface area contributed by atoms with Gasteiger partial charge in [0.05, 0.1) is 23.9 Å². The highest BCUT2D eigenvalue weighted by molar-refractivity contribution is 5.95. The van der Waals surface area contributed by atoms with Gasteiger partial charge in [-0.2, -0.15) is 5.10 Å². The first-order valence-corrected chi connectivity index (χ1v) is 7.86. The SMILES string of the molecule is Cn1cc(C(=O)N[C@@H]2COc3ccccc32)c([C@H]2CCOC2)n1. The zero-order chi connectivity index (χ0) is 15.8. The lowest BCUT2D eigenvalue weighted by atomic mass is 10.0. The molecule has 1 aromatic heterocycles. The monoisotopic (exact) mass is 313 g/mol. The van der Waals surface area contributed by atoms with Crippen molar-refractivity contribution in [1.82, 2.24) is 15.1 Å². The summed E-state index contributed by atoms with van der Waals surface area (Å²) in [6.45, 7) is 1.83. The first-order chi connectivity index (χ1) is 11.2. The van der Waals surface area contributed by atoms with Crippen molar-refractivity contribution in [3.05, 3.63) is 47.3 Å². The van der Waals surface area contributed by atoms with Gasteiger partial charge in [-0.25, -0.2) is 0 Å². The largest absolute Gasteiger partial charge is 0.491 e. The van der Waals surface area contributed by atoms with Crippen LogP contribution >= 0.6 is 0 Å². The highest BCUT2D eigenvalue weighted by atomic mass is 16.5. The number of rotatable bonds is 3. The number of amides is 1. The van der Waals surface area contributed by atoms with Crippen LogP contribution in [0.25, 0.3) is 0 Å². The number of aromatic nitrogens is 2. The fourth-order valence-electron chi connectivity index (χ4n) is 3.25. The molecule has 6 nitrogen and oxygen atoms in total. The third-order valence-corrected chi connectivity index (χ3v) is 4.42. The van der Waals surface area contributed by atoms with Gasteiger partial charge in [0.1, 0.15) is 12.4 Å². The highest BCUT2D eigenvalue weighted by Gasteiger charge is 2.30. The van der Waals surface area contributed by atoms with Crippen LogP contribution in [0.4, 0.5) is 0 Å². The molecule has 2 aromatic rings. The Morgan fingerprint density at radius 2 is 2.22 bits per heavy atom. The maximum atomic E-state index is 12.7. The van der Waals surface area contributed by atoms with E-state index in [1.807, 2.05) is 31.3 Å². The maximum Gasteiger partial charge on any atom is 0.255 e. The molecule has 0 spiro atoms. The molecule has 0 unspecified atom stereocenters. The number of hydrogen-bond acceptors (Lipinski definition) is 4. The molecule has 1 aromatic carbocycles. The predicted octanol–water partition coefficient (Wildman–Crippen LogP) is 1.79. The summed E-state index contributed by atoms with van der Waals surface area (Å²) >= 11 is 0. The normalized spacial score (nSPS) is 22.7. The molecule has 3 heterocycles. The van der Waals surface area contributed by atoms with Crippen LogP contribution in [0.5, 0.6) is 5.75 Å². The number of para-hydroxylation sites is 1. The summed E-state index contributed by atoms with van der Waals surface area (Å²) in [7, 11) is 1.84. The fourth-order valence-corrected chi connectivity index (χ4v) is 3.25. The molecule has 23 heavy (non-hydrogen) atoms. The number of nitrogens with zero attached hydrogens (tertiary/aromatic N) is 2. The molecule has 120 valence electrons. The number of carbonyl (C=O) groups excluding carboxylic acids is 1. The second kappa shape index (κ2) is 5.70. The molecule has 2 atom stereocenters. The number of hydrogen-bond donors (Lipinski definition) is 1. The molecular weight excluding hydrogens is 294 g/mol. The second-order valence-corrected chi connectivity index (χ2v) is 6.04. The first kappa shape index (κ1) is 14.3. The maximum absolute atomic E-state index is 12.7. The summed E-state index contributed by atoms with van der Waals surface area (Å²) in [4.78, 5) is 12.7. The molecule has 2 aliphatic heterocycles. The van der Waals surface area contributed by atoms with Crippen molar-refractivity contribution >= 4 is 5.91 Å². The Labute approximate surface area is 134 Å². The number of aryl methyl sites for hydroxylation is 1. The Morgan fingerprint density at radius 1 is 1.35 bits per heavy atom. The van der Waals surface area contributed by atoms with E-state index >= 15 is 0 Å². The van der Waals surface area contributed by atoms with Crippen LogP contribution in [0.3, 0.4) is 0 Å². The van der Waals surface area contributed by atoms with E-state index in [2.05, 4.69) is 10.4 Å². The zero-order valence-electron chi connectivity index (χ0n) is 13.0. The van der Waals surface area contributed by atoms with Gasteiger partial charge < -0.3 is 14.8 Å². The van der Waals surface area contributed by atoms with Gasteiger partial charge >= 0.3 is 0 Å². The van der Waals surface area contributed by atoms with Crippen molar-refractivity contribution in [2.24, 2.45) is 7.05 Å². The minimum absolute atomic E-state index is 0.106. The minimum Gasteiger partial charge on any atom is -0.491 e. The average molecular weight is 313 g/mol. The van der Waals surface area contributed by atoms with Crippen LogP contribution in [0.15, 0.2) is 30.5 Å². The molecule has 2 aliphatic rings. The summed E-state index contributed by atoms with van der Waals surface area (Å²) in [5.41, 5.74) is 2.48. The lowest BCUT2D eigenvalue weighted by molar-refractivity contribution is 0.0928. The van der Waals surface area contributed by atoms with Gasteiger partial charge in [-0.1, -0.05) is 18.2 Å². The smallest absolute Gasteiger partial charge is 0.255 e. The molecule has 6 heteroatoms. The zero-order valence-corrected chi connectivity index (χ0v) is 13.0.